The molecule has 1 saturated carbocycles. The van der Waals surface area contributed by atoms with Gasteiger partial charge in [-0.15, -0.1) is 0 Å². The monoisotopic (exact) mass is 267 g/mol. The summed E-state index contributed by atoms with van der Waals surface area (Å²) in [6, 6.07) is 0. The van der Waals surface area contributed by atoms with Gasteiger partial charge in [0.2, 0.25) is 0 Å². The highest BCUT2D eigenvalue weighted by Crippen LogP contribution is 2.35. The fraction of sp³-hybridized carbons (Fsp3) is 1.00. The minimum absolute atomic E-state index is 0.285. The minimum Gasteiger partial charge on any atom is -0.312 e. The lowest BCUT2D eigenvalue weighted by atomic mass is 9.90. The third kappa shape index (κ3) is 7.97. The molecule has 0 bridgehead atoms. The van der Waals surface area contributed by atoms with Crippen LogP contribution in [0.1, 0.15) is 91.9 Å². The molecule has 1 heteroatoms. The van der Waals surface area contributed by atoms with Gasteiger partial charge in [-0.3, -0.25) is 0 Å². The Morgan fingerprint density at radius 3 is 2.21 bits per heavy atom. The number of hydrogen-bond donors (Lipinski definition) is 1. The maximum Gasteiger partial charge on any atom is 0.00966 e. The van der Waals surface area contributed by atoms with Gasteiger partial charge in [0.05, 0.1) is 0 Å². The highest BCUT2D eigenvalue weighted by Gasteiger charge is 2.27. The molecule has 1 nitrogen and oxygen atoms in total. The Balaban J connectivity index is 2.10. The molecule has 0 aromatic carbocycles. The number of rotatable bonds is 9. The summed E-state index contributed by atoms with van der Waals surface area (Å²) in [7, 11) is 0. The van der Waals surface area contributed by atoms with E-state index in [4.69, 9.17) is 0 Å². The molecular formula is C18H37N. The average molecular weight is 268 g/mol. The van der Waals surface area contributed by atoms with E-state index in [2.05, 4.69) is 33.0 Å². The van der Waals surface area contributed by atoms with Gasteiger partial charge in [0.1, 0.15) is 0 Å². The molecule has 0 spiro atoms. The summed E-state index contributed by atoms with van der Waals surface area (Å²) >= 11 is 0. The molecule has 2 unspecified atom stereocenters. The maximum atomic E-state index is 3.71. The zero-order valence-corrected chi connectivity index (χ0v) is 13.9. The second-order valence-electron chi connectivity index (χ2n) is 7.64. The van der Waals surface area contributed by atoms with Crippen LogP contribution >= 0.6 is 0 Å². The molecule has 0 aromatic heterocycles. The van der Waals surface area contributed by atoms with Gasteiger partial charge in [-0.25, -0.2) is 0 Å². The van der Waals surface area contributed by atoms with Crippen molar-refractivity contribution in [1.82, 2.24) is 5.32 Å². The van der Waals surface area contributed by atoms with Crippen LogP contribution in [-0.2, 0) is 0 Å². The van der Waals surface area contributed by atoms with Gasteiger partial charge >= 0.3 is 0 Å². The van der Waals surface area contributed by atoms with E-state index in [1.54, 1.807) is 0 Å². The summed E-state index contributed by atoms with van der Waals surface area (Å²) in [6.45, 7) is 10.4. The van der Waals surface area contributed by atoms with E-state index in [9.17, 15) is 0 Å². The van der Waals surface area contributed by atoms with E-state index < -0.39 is 0 Å². The standard InChI is InChI=1S/C18H37N/c1-5-6-7-8-9-10-12-16-13-11-14-17(16)15-19-18(2,3)4/h16-17,19H,5-15H2,1-4H3. The molecule has 0 aromatic rings. The zero-order chi connectivity index (χ0) is 14.1. The van der Waals surface area contributed by atoms with Gasteiger partial charge in [-0.2, -0.15) is 0 Å². The number of nitrogens with one attached hydrogen (secondary N) is 1. The lowest BCUT2D eigenvalue weighted by Gasteiger charge is -2.26. The van der Waals surface area contributed by atoms with Crippen molar-refractivity contribution in [3.63, 3.8) is 0 Å². The van der Waals surface area contributed by atoms with Crippen molar-refractivity contribution < 1.29 is 0 Å². The van der Waals surface area contributed by atoms with E-state index in [1.165, 1.54) is 70.8 Å². The molecule has 0 heterocycles. The largest absolute Gasteiger partial charge is 0.312 e. The lowest BCUT2D eigenvalue weighted by molar-refractivity contribution is 0.300. The fourth-order valence-corrected chi connectivity index (χ4v) is 3.39. The molecule has 2 atom stereocenters. The zero-order valence-electron chi connectivity index (χ0n) is 13.9. The predicted molar refractivity (Wildman–Crippen MR) is 86.6 cm³/mol. The van der Waals surface area contributed by atoms with Crippen LogP contribution < -0.4 is 5.32 Å². The topological polar surface area (TPSA) is 12.0 Å². The second-order valence-corrected chi connectivity index (χ2v) is 7.64. The Kier molecular flexibility index (Phi) is 8.06. The minimum atomic E-state index is 0.285. The molecule has 1 N–H and O–H groups in total. The van der Waals surface area contributed by atoms with Crippen molar-refractivity contribution in [3.8, 4) is 0 Å². The van der Waals surface area contributed by atoms with Crippen LogP contribution in [0.4, 0.5) is 0 Å². The molecule has 0 amide bonds. The van der Waals surface area contributed by atoms with Crippen LogP contribution in [0.5, 0.6) is 0 Å². The SMILES string of the molecule is CCCCCCCCC1CCCC1CNC(C)(C)C. The molecule has 1 aliphatic rings. The lowest BCUT2D eigenvalue weighted by Crippen LogP contribution is -2.39. The highest BCUT2D eigenvalue weighted by atomic mass is 14.9. The van der Waals surface area contributed by atoms with E-state index in [0.717, 1.165) is 11.8 Å². The Labute approximate surface area is 121 Å². The molecule has 19 heavy (non-hydrogen) atoms. The second kappa shape index (κ2) is 9.00. The van der Waals surface area contributed by atoms with Crippen molar-refractivity contribution in [1.29, 1.82) is 0 Å². The molecular weight excluding hydrogens is 230 g/mol. The van der Waals surface area contributed by atoms with Gasteiger partial charge < -0.3 is 5.32 Å². The molecule has 114 valence electrons. The predicted octanol–water partition coefficient (Wildman–Crippen LogP) is 5.54. The highest BCUT2D eigenvalue weighted by molar-refractivity contribution is 4.82. The molecule has 0 saturated heterocycles. The Morgan fingerprint density at radius 2 is 1.53 bits per heavy atom. The van der Waals surface area contributed by atoms with Gasteiger partial charge in [-0.1, -0.05) is 64.7 Å². The van der Waals surface area contributed by atoms with Crippen LogP contribution in [0.25, 0.3) is 0 Å². The van der Waals surface area contributed by atoms with Crippen molar-refractivity contribution in [3.05, 3.63) is 0 Å². The molecule has 1 aliphatic carbocycles. The first-order chi connectivity index (χ1) is 9.03. The van der Waals surface area contributed by atoms with Crippen molar-refractivity contribution in [2.75, 3.05) is 6.54 Å². The molecule has 0 radical (unpaired) electrons. The van der Waals surface area contributed by atoms with Crippen molar-refractivity contribution >= 4 is 0 Å². The molecule has 1 fully saturated rings. The quantitative estimate of drug-likeness (QED) is 0.541. The summed E-state index contributed by atoms with van der Waals surface area (Å²) in [5, 5.41) is 3.71. The Morgan fingerprint density at radius 1 is 0.895 bits per heavy atom. The Hall–Kier alpha value is -0.0400. The Bertz CT molecular complexity index is 216. The smallest absolute Gasteiger partial charge is 0.00966 e. The summed E-state index contributed by atoms with van der Waals surface area (Å²) in [5.74, 6) is 1.97. The van der Waals surface area contributed by atoms with Crippen LogP contribution in [0.15, 0.2) is 0 Å². The van der Waals surface area contributed by atoms with Gasteiger partial charge in [0, 0.05) is 5.54 Å². The summed E-state index contributed by atoms with van der Waals surface area (Å²) < 4.78 is 0. The van der Waals surface area contributed by atoms with E-state index >= 15 is 0 Å². The summed E-state index contributed by atoms with van der Waals surface area (Å²) in [4.78, 5) is 0. The van der Waals surface area contributed by atoms with Gasteiger partial charge in [0.15, 0.2) is 0 Å². The van der Waals surface area contributed by atoms with E-state index in [1.807, 2.05) is 0 Å². The number of unbranched alkanes of at least 4 members (excludes halogenated alkanes) is 5. The van der Waals surface area contributed by atoms with Crippen molar-refractivity contribution in [2.45, 2.75) is 97.4 Å². The molecule has 0 aliphatic heterocycles. The van der Waals surface area contributed by atoms with Gasteiger partial charge in [-0.05, 0) is 45.6 Å². The summed E-state index contributed by atoms with van der Waals surface area (Å²) in [5.41, 5.74) is 0.285. The van der Waals surface area contributed by atoms with Crippen LogP contribution in [-0.4, -0.2) is 12.1 Å². The van der Waals surface area contributed by atoms with Crippen molar-refractivity contribution in [2.24, 2.45) is 11.8 Å². The third-order valence-electron chi connectivity index (χ3n) is 4.64. The first kappa shape index (κ1) is 17.0. The van der Waals surface area contributed by atoms with Crippen LogP contribution in [0.2, 0.25) is 0 Å². The summed E-state index contributed by atoms with van der Waals surface area (Å²) in [6.07, 6.45) is 14.6. The maximum absolute atomic E-state index is 3.71. The van der Waals surface area contributed by atoms with Crippen LogP contribution in [0, 0.1) is 11.8 Å². The van der Waals surface area contributed by atoms with Crippen LogP contribution in [0.3, 0.4) is 0 Å². The van der Waals surface area contributed by atoms with E-state index in [-0.39, 0.29) is 5.54 Å². The number of hydrogen-bond acceptors (Lipinski definition) is 1. The first-order valence-corrected chi connectivity index (χ1v) is 8.78. The normalized spacial score (nSPS) is 24.0. The van der Waals surface area contributed by atoms with Gasteiger partial charge in [0.25, 0.3) is 0 Å². The van der Waals surface area contributed by atoms with E-state index in [0.29, 0.717) is 0 Å². The third-order valence-corrected chi connectivity index (χ3v) is 4.64. The average Bonchev–Trinajstić information content (AvgIpc) is 2.78. The fourth-order valence-electron chi connectivity index (χ4n) is 3.39. The first-order valence-electron chi connectivity index (χ1n) is 8.78. The molecule has 1 rings (SSSR count).